The molecular formula is C11H17F3N2O2. The molecule has 2 fully saturated rings. The number of nitrogens with two attached hydrogens (primary N) is 1. The first-order valence-electron chi connectivity index (χ1n) is 6.06. The van der Waals surface area contributed by atoms with Crippen LogP contribution < -0.4 is 5.73 Å². The maximum absolute atomic E-state index is 12.5. The zero-order valence-corrected chi connectivity index (χ0v) is 10.0. The van der Waals surface area contributed by atoms with Crippen LogP contribution in [0.25, 0.3) is 0 Å². The van der Waals surface area contributed by atoms with Gasteiger partial charge in [0.15, 0.2) is 0 Å². The first kappa shape index (κ1) is 13.6. The molecule has 0 aromatic rings. The molecule has 18 heavy (non-hydrogen) atoms. The van der Waals surface area contributed by atoms with E-state index in [0.29, 0.717) is 26.1 Å². The fourth-order valence-electron chi connectivity index (χ4n) is 2.18. The van der Waals surface area contributed by atoms with Crippen molar-refractivity contribution in [2.24, 2.45) is 5.73 Å². The fourth-order valence-corrected chi connectivity index (χ4v) is 2.18. The van der Waals surface area contributed by atoms with Crippen molar-refractivity contribution in [3.8, 4) is 0 Å². The lowest BCUT2D eigenvalue weighted by atomic mass is 9.89. The molecule has 0 aromatic heterocycles. The van der Waals surface area contributed by atoms with E-state index in [4.69, 9.17) is 10.5 Å². The maximum Gasteiger partial charge on any atom is 0.406 e. The lowest BCUT2D eigenvalue weighted by molar-refractivity contribution is -0.167. The molecule has 1 saturated heterocycles. The SMILES string of the molecule is NC1(C(=O)N(CC(F)(F)F)C2CC2)CCOCC1. The summed E-state index contributed by atoms with van der Waals surface area (Å²) in [4.78, 5) is 13.1. The number of hydrogen-bond acceptors (Lipinski definition) is 3. The predicted octanol–water partition coefficient (Wildman–Crippen LogP) is 1.05. The summed E-state index contributed by atoms with van der Waals surface area (Å²) in [5, 5.41) is 0. The minimum Gasteiger partial charge on any atom is -0.381 e. The van der Waals surface area contributed by atoms with Gasteiger partial charge in [-0.1, -0.05) is 0 Å². The molecule has 1 aliphatic heterocycles. The molecule has 2 rings (SSSR count). The first-order valence-corrected chi connectivity index (χ1v) is 6.06. The molecule has 1 heterocycles. The van der Waals surface area contributed by atoms with Crippen LogP contribution in [0.2, 0.25) is 0 Å². The average molecular weight is 266 g/mol. The second-order valence-corrected chi connectivity index (χ2v) is 5.05. The number of rotatable bonds is 3. The summed E-state index contributed by atoms with van der Waals surface area (Å²) in [7, 11) is 0. The summed E-state index contributed by atoms with van der Waals surface area (Å²) >= 11 is 0. The largest absolute Gasteiger partial charge is 0.406 e. The summed E-state index contributed by atoms with van der Waals surface area (Å²) in [6.45, 7) is -0.546. The molecule has 7 heteroatoms. The second-order valence-electron chi connectivity index (χ2n) is 5.05. The van der Waals surface area contributed by atoms with Gasteiger partial charge in [0.1, 0.15) is 6.54 Å². The highest BCUT2D eigenvalue weighted by Gasteiger charge is 2.47. The van der Waals surface area contributed by atoms with Gasteiger partial charge in [-0.15, -0.1) is 0 Å². The van der Waals surface area contributed by atoms with Gasteiger partial charge < -0.3 is 15.4 Å². The maximum atomic E-state index is 12.5. The average Bonchev–Trinajstić information content (AvgIpc) is 3.08. The van der Waals surface area contributed by atoms with Crippen molar-refractivity contribution in [2.45, 2.75) is 43.4 Å². The molecule has 0 aromatic carbocycles. The number of ether oxygens (including phenoxy) is 1. The van der Waals surface area contributed by atoms with Crippen molar-refractivity contribution >= 4 is 5.91 Å². The van der Waals surface area contributed by atoms with Crippen molar-refractivity contribution in [3.63, 3.8) is 0 Å². The van der Waals surface area contributed by atoms with Crippen molar-refractivity contribution in [2.75, 3.05) is 19.8 Å². The monoisotopic (exact) mass is 266 g/mol. The van der Waals surface area contributed by atoms with Gasteiger partial charge in [0, 0.05) is 19.3 Å². The first-order chi connectivity index (χ1) is 8.32. The molecule has 104 valence electrons. The summed E-state index contributed by atoms with van der Waals surface area (Å²) in [6, 6.07) is -0.289. The minimum atomic E-state index is -4.38. The molecule has 0 bridgehead atoms. The summed E-state index contributed by atoms with van der Waals surface area (Å²) in [5.74, 6) is -0.578. The third kappa shape index (κ3) is 3.14. The van der Waals surface area contributed by atoms with E-state index in [2.05, 4.69) is 0 Å². The van der Waals surface area contributed by atoms with E-state index >= 15 is 0 Å². The molecule has 4 nitrogen and oxygen atoms in total. The van der Waals surface area contributed by atoms with Crippen molar-refractivity contribution in [3.05, 3.63) is 0 Å². The normalized spacial score (nSPS) is 23.8. The third-order valence-electron chi connectivity index (χ3n) is 3.41. The number of carbonyl (C=O) groups is 1. The summed E-state index contributed by atoms with van der Waals surface area (Å²) < 4.78 is 42.6. The molecule has 2 N–H and O–H groups in total. The number of alkyl halides is 3. The van der Waals surface area contributed by atoms with Crippen molar-refractivity contribution in [1.82, 2.24) is 4.90 Å². The Kier molecular flexibility index (Phi) is 3.55. The van der Waals surface area contributed by atoms with Crippen LogP contribution in [0.15, 0.2) is 0 Å². The number of hydrogen-bond donors (Lipinski definition) is 1. The Labute approximate surface area is 103 Å². The second kappa shape index (κ2) is 4.70. The van der Waals surface area contributed by atoms with Gasteiger partial charge in [0.2, 0.25) is 5.91 Å². The van der Waals surface area contributed by atoms with Crippen LogP contribution in [0.5, 0.6) is 0 Å². The van der Waals surface area contributed by atoms with Crippen LogP contribution in [-0.2, 0) is 9.53 Å². The Balaban J connectivity index is 2.07. The standard InChI is InChI=1S/C11H17F3N2O2/c12-11(13,14)7-16(8-1-2-8)9(17)10(15)3-5-18-6-4-10/h8H,1-7,15H2. The number of halogens is 3. The smallest absolute Gasteiger partial charge is 0.381 e. The van der Waals surface area contributed by atoms with E-state index < -0.39 is 24.2 Å². The number of carbonyl (C=O) groups excluding carboxylic acids is 1. The Bertz CT molecular complexity index is 323. The van der Waals surface area contributed by atoms with Crippen molar-refractivity contribution < 1.29 is 22.7 Å². The Morgan fingerprint density at radius 1 is 1.33 bits per heavy atom. The predicted molar refractivity (Wildman–Crippen MR) is 57.8 cm³/mol. The number of nitrogens with zero attached hydrogens (tertiary/aromatic N) is 1. The molecule has 0 atom stereocenters. The quantitative estimate of drug-likeness (QED) is 0.830. The van der Waals surface area contributed by atoms with E-state index in [-0.39, 0.29) is 18.9 Å². The van der Waals surface area contributed by atoms with Crippen LogP contribution >= 0.6 is 0 Å². The molecule has 0 spiro atoms. The highest BCUT2D eigenvalue weighted by Crippen LogP contribution is 2.33. The zero-order chi connectivity index (χ0) is 13.4. The van der Waals surface area contributed by atoms with Crippen molar-refractivity contribution in [1.29, 1.82) is 0 Å². The topological polar surface area (TPSA) is 55.6 Å². The lowest BCUT2D eigenvalue weighted by Crippen LogP contribution is -2.59. The van der Waals surface area contributed by atoms with Gasteiger partial charge in [-0.25, -0.2) is 0 Å². The van der Waals surface area contributed by atoms with Gasteiger partial charge in [0.05, 0.1) is 5.54 Å². The van der Waals surface area contributed by atoms with E-state index in [0.717, 1.165) is 4.90 Å². The Morgan fingerprint density at radius 2 is 1.89 bits per heavy atom. The van der Waals surface area contributed by atoms with Gasteiger partial charge in [0.25, 0.3) is 0 Å². The highest BCUT2D eigenvalue weighted by molar-refractivity contribution is 5.86. The van der Waals surface area contributed by atoms with Gasteiger partial charge >= 0.3 is 6.18 Å². The van der Waals surface area contributed by atoms with Crippen LogP contribution in [0.4, 0.5) is 13.2 Å². The fraction of sp³-hybridized carbons (Fsp3) is 0.909. The Hall–Kier alpha value is -0.820. The van der Waals surface area contributed by atoms with Crippen LogP contribution in [-0.4, -0.2) is 48.3 Å². The van der Waals surface area contributed by atoms with Crippen LogP contribution in [0.3, 0.4) is 0 Å². The molecule has 1 amide bonds. The van der Waals surface area contributed by atoms with Crippen LogP contribution in [0, 0.1) is 0 Å². The highest BCUT2D eigenvalue weighted by atomic mass is 19.4. The summed E-state index contributed by atoms with van der Waals surface area (Å²) in [6.07, 6.45) is -2.54. The van der Waals surface area contributed by atoms with Gasteiger partial charge in [-0.2, -0.15) is 13.2 Å². The van der Waals surface area contributed by atoms with E-state index in [1.54, 1.807) is 0 Å². The summed E-state index contributed by atoms with van der Waals surface area (Å²) in [5.41, 5.74) is 4.76. The molecule has 2 aliphatic rings. The Morgan fingerprint density at radius 3 is 2.33 bits per heavy atom. The molecular weight excluding hydrogens is 249 g/mol. The van der Waals surface area contributed by atoms with Gasteiger partial charge in [-0.05, 0) is 25.7 Å². The molecule has 0 radical (unpaired) electrons. The molecule has 1 aliphatic carbocycles. The van der Waals surface area contributed by atoms with E-state index in [1.807, 2.05) is 0 Å². The van der Waals surface area contributed by atoms with E-state index in [1.165, 1.54) is 0 Å². The molecule has 1 saturated carbocycles. The zero-order valence-electron chi connectivity index (χ0n) is 10.0. The molecule has 0 unspecified atom stereocenters. The number of amides is 1. The van der Waals surface area contributed by atoms with E-state index in [9.17, 15) is 18.0 Å². The lowest BCUT2D eigenvalue weighted by Gasteiger charge is -2.37. The third-order valence-corrected chi connectivity index (χ3v) is 3.41. The van der Waals surface area contributed by atoms with Gasteiger partial charge in [-0.3, -0.25) is 4.79 Å². The minimum absolute atomic E-state index is 0.285. The van der Waals surface area contributed by atoms with Crippen LogP contribution in [0.1, 0.15) is 25.7 Å².